The average molecular weight is 419 g/mol. The number of hydrogen-bond acceptors (Lipinski definition) is 7. The Balaban J connectivity index is 1.57. The Bertz CT molecular complexity index is 1350. The van der Waals surface area contributed by atoms with Gasteiger partial charge in [-0.1, -0.05) is 0 Å². The van der Waals surface area contributed by atoms with Crippen LogP contribution >= 0.6 is 0 Å². The molecule has 9 nitrogen and oxygen atoms in total. The smallest absolute Gasteiger partial charge is 0.251 e. The van der Waals surface area contributed by atoms with Crippen molar-refractivity contribution in [3.8, 4) is 0 Å². The van der Waals surface area contributed by atoms with E-state index in [9.17, 15) is 9.90 Å². The lowest BCUT2D eigenvalue weighted by Crippen LogP contribution is -2.30. The Morgan fingerprint density at radius 2 is 2.00 bits per heavy atom. The summed E-state index contributed by atoms with van der Waals surface area (Å²) in [6.45, 7) is 3.87. The first-order valence-corrected chi connectivity index (χ1v) is 10.5. The van der Waals surface area contributed by atoms with Crippen LogP contribution in [0.15, 0.2) is 35.6 Å². The maximum atomic E-state index is 12.6. The van der Waals surface area contributed by atoms with Gasteiger partial charge in [0.15, 0.2) is 5.65 Å². The summed E-state index contributed by atoms with van der Waals surface area (Å²) in [5.41, 5.74) is 4.30. The average Bonchev–Trinajstić information content (AvgIpc) is 3.18. The summed E-state index contributed by atoms with van der Waals surface area (Å²) in [6.07, 6.45) is 8.13. The number of pyridine rings is 2. The van der Waals surface area contributed by atoms with Crippen LogP contribution in [-0.4, -0.2) is 39.8 Å². The zero-order chi connectivity index (χ0) is 21.8. The normalized spacial score (nSPS) is 21.6. The predicted octanol–water partition coefficient (Wildman–Crippen LogP) is 2.83. The van der Waals surface area contributed by atoms with Gasteiger partial charge in [0.1, 0.15) is 6.33 Å². The zero-order valence-electron chi connectivity index (χ0n) is 17.8. The lowest BCUT2D eigenvalue weighted by Gasteiger charge is -2.33. The van der Waals surface area contributed by atoms with Crippen molar-refractivity contribution in [2.24, 2.45) is 7.05 Å². The molecule has 1 aliphatic rings. The second-order valence-corrected chi connectivity index (χ2v) is 8.75. The largest absolute Gasteiger partial charge is 0.390 e. The monoisotopic (exact) mass is 419 g/mol. The van der Waals surface area contributed by atoms with Crippen LogP contribution in [0.3, 0.4) is 0 Å². The third-order valence-electron chi connectivity index (χ3n) is 6.39. The highest BCUT2D eigenvalue weighted by Crippen LogP contribution is 2.39. The molecule has 4 aromatic heterocycles. The Hall–Kier alpha value is -3.33. The van der Waals surface area contributed by atoms with Gasteiger partial charge in [-0.15, -0.1) is 0 Å². The van der Waals surface area contributed by atoms with Crippen molar-refractivity contribution in [2.75, 3.05) is 5.32 Å². The highest BCUT2D eigenvalue weighted by Gasteiger charge is 2.31. The Morgan fingerprint density at radius 1 is 1.23 bits per heavy atom. The SMILES string of the molecule is Cc1cc2ncnn2cc1Nc1ncc2c(n1)c(C1CCC(C)(O)CC1)cc(=O)n2C. The minimum atomic E-state index is -0.634. The molecule has 31 heavy (non-hydrogen) atoms. The van der Waals surface area contributed by atoms with Gasteiger partial charge in [0, 0.05) is 13.1 Å². The number of fused-ring (bicyclic) bond motifs is 2. The highest BCUT2D eigenvalue weighted by atomic mass is 16.3. The number of rotatable bonds is 3. The molecular formula is C22H25N7O2. The lowest BCUT2D eigenvalue weighted by molar-refractivity contribution is 0.0172. The predicted molar refractivity (Wildman–Crippen MR) is 118 cm³/mol. The Kier molecular flexibility index (Phi) is 4.51. The van der Waals surface area contributed by atoms with E-state index in [2.05, 4.69) is 20.4 Å². The van der Waals surface area contributed by atoms with Crippen LogP contribution in [0.4, 0.5) is 11.6 Å². The van der Waals surface area contributed by atoms with Crippen molar-refractivity contribution in [3.63, 3.8) is 0 Å². The first kappa shape index (κ1) is 19.6. The van der Waals surface area contributed by atoms with E-state index in [0.717, 1.165) is 40.8 Å². The molecule has 0 saturated heterocycles. The van der Waals surface area contributed by atoms with Gasteiger partial charge in [-0.2, -0.15) is 5.10 Å². The van der Waals surface area contributed by atoms with Gasteiger partial charge >= 0.3 is 0 Å². The molecule has 0 unspecified atom stereocenters. The van der Waals surface area contributed by atoms with Crippen molar-refractivity contribution in [1.29, 1.82) is 0 Å². The van der Waals surface area contributed by atoms with E-state index in [1.165, 1.54) is 6.33 Å². The van der Waals surface area contributed by atoms with Crippen LogP contribution in [0.1, 0.15) is 49.7 Å². The maximum Gasteiger partial charge on any atom is 0.251 e. The summed E-state index contributed by atoms with van der Waals surface area (Å²) in [4.78, 5) is 26.0. The number of anilines is 2. The van der Waals surface area contributed by atoms with E-state index in [1.807, 2.05) is 26.1 Å². The van der Waals surface area contributed by atoms with E-state index >= 15 is 0 Å². The van der Waals surface area contributed by atoms with Gasteiger partial charge in [0.2, 0.25) is 5.95 Å². The number of hydrogen-bond donors (Lipinski definition) is 2. The van der Waals surface area contributed by atoms with E-state index in [4.69, 9.17) is 4.98 Å². The lowest BCUT2D eigenvalue weighted by atomic mass is 9.77. The molecule has 0 amide bonds. The van der Waals surface area contributed by atoms with Crippen LogP contribution in [0.5, 0.6) is 0 Å². The minimum Gasteiger partial charge on any atom is -0.390 e. The van der Waals surface area contributed by atoms with Crippen LogP contribution < -0.4 is 10.9 Å². The summed E-state index contributed by atoms with van der Waals surface area (Å²) in [7, 11) is 1.74. The Labute approximate surface area is 178 Å². The molecule has 1 fully saturated rings. The van der Waals surface area contributed by atoms with Gasteiger partial charge in [-0.25, -0.2) is 19.5 Å². The molecule has 1 saturated carbocycles. The van der Waals surface area contributed by atoms with Crippen molar-refractivity contribution >= 4 is 28.3 Å². The topological polar surface area (TPSA) is 110 Å². The first-order chi connectivity index (χ1) is 14.8. The molecule has 1 aliphatic carbocycles. The van der Waals surface area contributed by atoms with Crippen LogP contribution in [-0.2, 0) is 7.05 Å². The highest BCUT2D eigenvalue weighted by molar-refractivity contribution is 5.80. The molecule has 9 heteroatoms. The second kappa shape index (κ2) is 7.12. The van der Waals surface area contributed by atoms with Crippen molar-refractivity contribution in [1.82, 2.24) is 29.1 Å². The summed E-state index contributed by atoms with van der Waals surface area (Å²) in [5.74, 6) is 0.644. The van der Waals surface area contributed by atoms with Crippen LogP contribution in [0.2, 0.25) is 0 Å². The molecule has 4 heterocycles. The number of nitrogens with zero attached hydrogens (tertiary/aromatic N) is 6. The first-order valence-electron chi connectivity index (χ1n) is 10.5. The van der Waals surface area contributed by atoms with Crippen LogP contribution in [0, 0.1) is 6.92 Å². The molecule has 0 radical (unpaired) electrons. The molecule has 4 aromatic rings. The second-order valence-electron chi connectivity index (χ2n) is 8.75. The standard InChI is InChI=1S/C22H25N7O2/c1-13-8-18-24-12-25-29(18)11-16(13)26-21-23-10-17-20(27-21)15(9-19(30)28(17)3)14-4-6-22(2,31)7-5-14/h8-12,14,31H,4-7H2,1-3H3,(H,23,26,27). The summed E-state index contributed by atoms with van der Waals surface area (Å²) >= 11 is 0. The molecule has 0 aliphatic heterocycles. The third-order valence-corrected chi connectivity index (χ3v) is 6.39. The van der Waals surface area contributed by atoms with Crippen LogP contribution in [0.25, 0.3) is 16.7 Å². The fraction of sp³-hybridized carbons (Fsp3) is 0.409. The Morgan fingerprint density at radius 3 is 2.77 bits per heavy atom. The van der Waals surface area contributed by atoms with E-state index < -0.39 is 5.60 Å². The van der Waals surface area contributed by atoms with E-state index in [0.29, 0.717) is 24.3 Å². The molecule has 2 N–H and O–H groups in total. The van der Waals surface area contributed by atoms with Crippen molar-refractivity contribution in [2.45, 2.75) is 51.0 Å². The van der Waals surface area contributed by atoms with Gasteiger partial charge < -0.3 is 15.0 Å². The van der Waals surface area contributed by atoms with E-state index in [1.54, 1.807) is 28.4 Å². The van der Waals surface area contributed by atoms with E-state index in [-0.39, 0.29) is 11.5 Å². The molecule has 0 spiro atoms. The van der Waals surface area contributed by atoms with Gasteiger partial charge in [-0.05, 0) is 62.6 Å². The molecule has 5 rings (SSSR count). The quantitative estimate of drug-likeness (QED) is 0.525. The molecule has 0 atom stereocenters. The van der Waals surface area contributed by atoms with Gasteiger partial charge in [-0.3, -0.25) is 4.79 Å². The summed E-state index contributed by atoms with van der Waals surface area (Å²) in [6, 6.07) is 3.63. The van der Waals surface area contributed by atoms with Crippen molar-refractivity contribution in [3.05, 3.63) is 52.3 Å². The summed E-state index contributed by atoms with van der Waals surface area (Å²) in [5, 5.41) is 17.8. The number of nitrogens with one attached hydrogen (secondary N) is 1. The van der Waals surface area contributed by atoms with Gasteiger partial charge in [0.25, 0.3) is 5.56 Å². The summed E-state index contributed by atoms with van der Waals surface area (Å²) < 4.78 is 3.27. The number of aryl methyl sites for hydroxylation is 2. The fourth-order valence-corrected chi connectivity index (χ4v) is 4.38. The zero-order valence-corrected chi connectivity index (χ0v) is 17.8. The third kappa shape index (κ3) is 3.54. The molecule has 160 valence electrons. The molecule has 0 bridgehead atoms. The minimum absolute atomic E-state index is 0.0726. The van der Waals surface area contributed by atoms with Gasteiger partial charge in [0.05, 0.1) is 34.7 Å². The molecular weight excluding hydrogens is 394 g/mol. The van der Waals surface area contributed by atoms with Crippen molar-refractivity contribution < 1.29 is 5.11 Å². The molecule has 0 aromatic carbocycles. The number of aliphatic hydroxyl groups is 1. The number of aromatic nitrogens is 6. The maximum absolute atomic E-state index is 12.6. The fourth-order valence-electron chi connectivity index (χ4n) is 4.38.